The first-order valence-electron chi connectivity index (χ1n) is 8.57. The Kier molecular flexibility index (Phi) is 15.9. The summed E-state index contributed by atoms with van der Waals surface area (Å²) in [5, 5.41) is 3.68. The van der Waals surface area contributed by atoms with Gasteiger partial charge >= 0.3 is 0 Å². The van der Waals surface area contributed by atoms with Crippen molar-refractivity contribution < 1.29 is 4.74 Å². The van der Waals surface area contributed by atoms with Crippen LogP contribution in [0.2, 0.25) is 0 Å². The molecule has 0 heterocycles. The second kappa shape index (κ2) is 16.0. The molecule has 2 heteroatoms. The maximum atomic E-state index is 5.15. The first-order chi connectivity index (χ1) is 9.35. The van der Waals surface area contributed by atoms with E-state index in [-0.39, 0.29) is 0 Å². The lowest BCUT2D eigenvalue weighted by molar-refractivity contribution is 0.187. The van der Waals surface area contributed by atoms with Gasteiger partial charge < -0.3 is 10.1 Å². The molecule has 0 amide bonds. The molecule has 0 fully saturated rings. The summed E-state index contributed by atoms with van der Waals surface area (Å²) in [5.74, 6) is 0. The maximum Gasteiger partial charge on any atom is 0.0462 e. The molecule has 0 aromatic heterocycles. The van der Waals surface area contributed by atoms with Crippen LogP contribution < -0.4 is 5.32 Å². The average molecular weight is 271 g/mol. The Labute approximate surface area is 121 Å². The fourth-order valence-electron chi connectivity index (χ4n) is 2.52. The van der Waals surface area contributed by atoms with Gasteiger partial charge in [-0.15, -0.1) is 0 Å². The minimum Gasteiger partial charge on any atom is -0.385 e. The lowest BCUT2D eigenvalue weighted by Gasteiger charge is -2.18. The van der Waals surface area contributed by atoms with Crippen molar-refractivity contribution in [2.45, 2.75) is 90.5 Å². The third-order valence-corrected chi connectivity index (χ3v) is 3.74. The molecule has 0 saturated heterocycles. The van der Waals surface area contributed by atoms with Crippen LogP contribution in [0.25, 0.3) is 0 Å². The van der Waals surface area contributed by atoms with E-state index in [0.29, 0.717) is 6.04 Å². The number of rotatable bonds is 15. The maximum absolute atomic E-state index is 5.15. The van der Waals surface area contributed by atoms with E-state index in [4.69, 9.17) is 4.74 Å². The SMILES string of the molecule is CCCCCCCCCC(CCCOC)NCCC. The molecule has 0 aliphatic heterocycles. The van der Waals surface area contributed by atoms with Crippen LogP contribution in [0.3, 0.4) is 0 Å². The van der Waals surface area contributed by atoms with E-state index in [9.17, 15) is 0 Å². The molecule has 116 valence electrons. The average Bonchev–Trinajstić information content (AvgIpc) is 2.43. The molecule has 0 aliphatic rings. The number of nitrogens with one attached hydrogen (secondary N) is 1. The lowest BCUT2D eigenvalue weighted by Crippen LogP contribution is -2.30. The second-order valence-corrected chi connectivity index (χ2v) is 5.70. The van der Waals surface area contributed by atoms with E-state index < -0.39 is 0 Å². The van der Waals surface area contributed by atoms with Gasteiger partial charge in [0.25, 0.3) is 0 Å². The fraction of sp³-hybridized carbons (Fsp3) is 1.00. The summed E-state index contributed by atoms with van der Waals surface area (Å²) in [6, 6.07) is 0.714. The van der Waals surface area contributed by atoms with Gasteiger partial charge in [-0.05, 0) is 32.2 Å². The first-order valence-corrected chi connectivity index (χ1v) is 8.57. The molecule has 0 saturated carbocycles. The van der Waals surface area contributed by atoms with Crippen molar-refractivity contribution in [2.75, 3.05) is 20.3 Å². The van der Waals surface area contributed by atoms with E-state index in [2.05, 4.69) is 19.2 Å². The molecule has 0 aromatic carbocycles. The predicted octanol–water partition coefficient (Wildman–Crippen LogP) is 4.92. The van der Waals surface area contributed by atoms with Gasteiger partial charge in [-0.2, -0.15) is 0 Å². The zero-order valence-corrected chi connectivity index (χ0v) is 13.7. The molecule has 1 unspecified atom stereocenters. The van der Waals surface area contributed by atoms with Crippen LogP contribution in [0.1, 0.15) is 84.5 Å². The van der Waals surface area contributed by atoms with Gasteiger partial charge in [0.2, 0.25) is 0 Å². The predicted molar refractivity (Wildman–Crippen MR) is 85.8 cm³/mol. The van der Waals surface area contributed by atoms with Crippen molar-refractivity contribution >= 4 is 0 Å². The second-order valence-electron chi connectivity index (χ2n) is 5.70. The van der Waals surface area contributed by atoms with Crippen LogP contribution in [-0.4, -0.2) is 26.3 Å². The Morgan fingerprint density at radius 1 is 0.789 bits per heavy atom. The van der Waals surface area contributed by atoms with Crippen LogP contribution in [0.15, 0.2) is 0 Å². The van der Waals surface area contributed by atoms with Gasteiger partial charge in [0.05, 0.1) is 0 Å². The fourth-order valence-corrected chi connectivity index (χ4v) is 2.52. The number of ether oxygens (including phenoxy) is 1. The van der Waals surface area contributed by atoms with Gasteiger partial charge in [-0.25, -0.2) is 0 Å². The summed E-state index contributed by atoms with van der Waals surface area (Å²) >= 11 is 0. The third kappa shape index (κ3) is 14.1. The zero-order valence-electron chi connectivity index (χ0n) is 13.7. The van der Waals surface area contributed by atoms with Gasteiger partial charge in [0.15, 0.2) is 0 Å². The van der Waals surface area contributed by atoms with Gasteiger partial charge in [0.1, 0.15) is 0 Å². The number of unbranched alkanes of at least 4 members (excludes halogenated alkanes) is 6. The summed E-state index contributed by atoms with van der Waals surface area (Å²) in [5.41, 5.74) is 0. The van der Waals surface area contributed by atoms with Crippen molar-refractivity contribution in [3.05, 3.63) is 0 Å². The summed E-state index contributed by atoms with van der Waals surface area (Å²) in [6.45, 7) is 6.59. The summed E-state index contributed by atoms with van der Waals surface area (Å²) in [7, 11) is 1.80. The molecule has 2 nitrogen and oxygen atoms in total. The molecular weight excluding hydrogens is 234 g/mol. The highest BCUT2D eigenvalue weighted by atomic mass is 16.5. The van der Waals surface area contributed by atoms with Crippen molar-refractivity contribution in [3.63, 3.8) is 0 Å². The Morgan fingerprint density at radius 3 is 2.05 bits per heavy atom. The number of hydrogen-bond acceptors (Lipinski definition) is 2. The molecule has 1 N–H and O–H groups in total. The van der Waals surface area contributed by atoms with Gasteiger partial charge in [-0.3, -0.25) is 0 Å². The normalized spacial score (nSPS) is 12.8. The Morgan fingerprint density at radius 2 is 1.42 bits per heavy atom. The van der Waals surface area contributed by atoms with Gasteiger partial charge in [0, 0.05) is 19.8 Å². The largest absolute Gasteiger partial charge is 0.385 e. The van der Waals surface area contributed by atoms with Gasteiger partial charge in [-0.1, -0.05) is 58.8 Å². The lowest BCUT2D eigenvalue weighted by atomic mass is 10.0. The van der Waals surface area contributed by atoms with E-state index in [1.807, 2.05) is 0 Å². The standard InChI is InChI=1S/C17H37NO/c1-4-6-7-8-9-10-11-13-17(18-15-5-2)14-12-16-19-3/h17-18H,4-16H2,1-3H3. The molecule has 0 bridgehead atoms. The van der Waals surface area contributed by atoms with Crippen LogP contribution in [-0.2, 0) is 4.74 Å². The molecule has 0 radical (unpaired) electrons. The molecular formula is C17H37NO. The highest BCUT2D eigenvalue weighted by molar-refractivity contribution is 4.67. The Hall–Kier alpha value is -0.0800. The van der Waals surface area contributed by atoms with E-state index in [1.165, 1.54) is 70.6 Å². The third-order valence-electron chi connectivity index (χ3n) is 3.74. The minimum absolute atomic E-state index is 0.714. The molecule has 0 rings (SSSR count). The minimum atomic E-state index is 0.714. The van der Waals surface area contributed by atoms with Crippen molar-refractivity contribution in [2.24, 2.45) is 0 Å². The smallest absolute Gasteiger partial charge is 0.0462 e. The van der Waals surface area contributed by atoms with E-state index in [0.717, 1.165) is 13.2 Å². The van der Waals surface area contributed by atoms with Crippen molar-refractivity contribution in [3.8, 4) is 0 Å². The number of hydrogen-bond donors (Lipinski definition) is 1. The molecule has 0 spiro atoms. The zero-order chi connectivity index (χ0) is 14.2. The Bertz CT molecular complexity index is 161. The van der Waals surface area contributed by atoms with Crippen molar-refractivity contribution in [1.29, 1.82) is 0 Å². The first kappa shape index (κ1) is 18.9. The number of methoxy groups -OCH3 is 1. The van der Waals surface area contributed by atoms with E-state index in [1.54, 1.807) is 7.11 Å². The van der Waals surface area contributed by atoms with E-state index >= 15 is 0 Å². The molecule has 0 aromatic rings. The summed E-state index contributed by atoms with van der Waals surface area (Å²) in [4.78, 5) is 0. The molecule has 19 heavy (non-hydrogen) atoms. The topological polar surface area (TPSA) is 21.3 Å². The molecule has 1 atom stereocenters. The van der Waals surface area contributed by atoms with Crippen molar-refractivity contribution in [1.82, 2.24) is 5.32 Å². The monoisotopic (exact) mass is 271 g/mol. The van der Waals surface area contributed by atoms with Crippen LogP contribution >= 0.6 is 0 Å². The quantitative estimate of drug-likeness (QED) is 0.427. The van der Waals surface area contributed by atoms with Crippen LogP contribution in [0, 0.1) is 0 Å². The highest BCUT2D eigenvalue weighted by Crippen LogP contribution is 2.12. The summed E-state index contributed by atoms with van der Waals surface area (Å²) < 4.78 is 5.15. The Balaban J connectivity index is 3.49. The van der Waals surface area contributed by atoms with Crippen LogP contribution in [0.5, 0.6) is 0 Å². The summed E-state index contributed by atoms with van der Waals surface area (Å²) in [6.07, 6.45) is 14.9. The molecule has 0 aliphatic carbocycles. The van der Waals surface area contributed by atoms with Crippen LogP contribution in [0.4, 0.5) is 0 Å². The highest BCUT2D eigenvalue weighted by Gasteiger charge is 2.06.